The number of nitrogens with zero attached hydrogens (tertiary/aromatic N) is 3. The number of rotatable bonds is 9. The third-order valence-electron chi connectivity index (χ3n) is 9.60. The number of likely N-dealkylation sites (tertiary alicyclic amines) is 1. The van der Waals surface area contributed by atoms with E-state index in [0.29, 0.717) is 17.8 Å². The number of fused-ring (bicyclic) bond motifs is 1. The molecule has 2 aliphatic rings. The number of amides is 1. The van der Waals surface area contributed by atoms with E-state index in [1.54, 1.807) is 0 Å². The van der Waals surface area contributed by atoms with Crippen LogP contribution < -0.4 is 5.32 Å². The molecule has 7 rings (SSSR count). The summed E-state index contributed by atoms with van der Waals surface area (Å²) in [5.74, 6) is -0.257. The van der Waals surface area contributed by atoms with Crippen LogP contribution in [0.2, 0.25) is 0 Å². The number of ether oxygens (including phenoxy) is 2. The normalized spacial score (nSPS) is 20.4. The van der Waals surface area contributed by atoms with E-state index in [0.717, 1.165) is 65.0 Å². The summed E-state index contributed by atoms with van der Waals surface area (Å²) in [5, 5.41) is 12.5. The van der Waals surface area contributed by atoms with Crippen molar-refractivity contribution >= 4 is 16.9 Å². The number of aliphatic hydroxyl groups is 1. The summed E-state index contributed by atoms with van der Waals surface area (Å²) in [5.41, 5.74) is 7.86. The van der Waals surface area contributed by atoms with Gasteiger partial charge in [-0.3, -0.25) is 9.78 Å². The maximum absolute atomic E-state index is 12.9. The molecule has 5 aromatic rings. The molecule has 1 amide bonds. The summed E-state index contributed by atoms with van der Waals surface area (Å²) in [6.45, 7) is 3.55. The van der Waals surface area contributed by atoms with Crippen LogP contribution in [0.3, 0.4) is 0 Å². The first-order valence-corrected chi connectivity index (χ1v) is 17.5. The first-order chi connectivity index (χ1) is 24.1. The van der Waals surface area contributed by atoms with Gasteiger partial charge >= 0.3 is 0 Å². The summed E-state index contributed by atoms with van der Waals surface area (Å²) < 4.78 is 13.3. The van der Waals surface area contributed by atoms with Gasteiger partial charge in [-0.1, -0.05) is 98.1 Å². The Bertz CT molecular complexity index is 1840. The quantitative estimate of drug-likeness (QED) is 0.169. The molecule has 4 aromatic carbocycles. The predicted octanol–water partition coefficient (Wildman–Crippen LogP) is 7.53. The summed E-state index contributed by atoms with van der Waals surface area (Å²) in [6, 6.07) is 32.2. The Balaban J connectivity index is 1.03. The molecule has 0 radical (unpaired) electrons. The number of hydrogen-bond acceptors (Lipinski definition) is 7. The number of aliphatic hydroxyl groups excluding tert-OH is 1. The molecule has 0 spiro atoms. The summed E-state index contributed by atoms with van der Waals surface area (Å²) in [6.07, 6.45) is 8.21. The fraction of sp³-hybridized carbons (Fsp3) is 0.341. The minimum Gasteiger partial charge on any atom is -0.392 e. The van der Waals surface area contributed by atoms with Crippen molar-refractivity contribution in [3.8, 4) is 11.1 Å². The zero-order valence-electron chi connectivity index (χ0n) is 27.8. The van der Waals surface area contributed by atoms with Gasteiger partial charge in [-0.2, -0.15) is 0 Å². The molecule has 2 N–H and O–H groups in total. The molecule has 0 aliphatic carbocycles. The molecule has 0 unspecified atom stereocenters. The molecule has 2 aliphatic heterocycles. The molecular weight excluding hydrogens is 612 g/mol. The number of nitrogens with one attached hydrogen (secondary N) is 1. The van der Waals surface area contributed by atoms with Gasteiger partial charge in [-0.05, 0) is 71.9 Å². The molecule has 8 heteroatoms. The first kappa shape index (κ1) is 33.0. The largest absolute Gasteiger partial charge is 0.392 e. The summed E-state index contributed by atoms with van der Waals surface area (Å²) >= 11 is 0. The van der Waals surface area contributed by atoms with E-state index in [-0.39, 0.29) is 24.7 Å². The van der Waals surface area contributed by atoms with Crippen LogP contribution in [0.1, 0.15) is 83.7 Å². The molecular formula is C41H44N4O4. The number of aromatic nitrogens is 2. The van der Waals surface area contributed by atoms with Crippen LogP contribution >= 0.6 is 0 Å². The maximum atomic E-state index is 12.9. The van der Waals surface area contributed by atoms with Crippen molar-refractivity contribution in [3.05, 3.63) is 131 Å². The number of carbonyl (C=O) groups is 1. The second-order valence-electron chi connectivity index (χ2n) is 13.2. The fourth-order valence-electron chi connectivity index (χ4n) is 6.85. The van der Waals surface area contributed by atoms with Crippen LogP contribution in [0.15, 0.2) is 103 Å². The van der Waals surface area contributed by atoms with Gasteiger partial charge in [0.15, 0.2) is 6.29 Å². The van der Waals surface area contributed by atoms with Crippen LogP contribution in [0.5, 0.6) is 0 Å². The van der Waals surface area contributed by atoms with E-state index >= 15 is 0 Å². The van der Waals surface area contributed by atoms with E-state index < -0.39 is 6.29 Å². The van der Waals surface area contributed by atoms with Crippen LogP contribution in [0, 0.1) is 0 Å². The van der Waals surface area contributed by atoms with Gasteiger partial charge in [0.25, 0.3) is 5.91 Å². The molecule has 252 valence electrons. The van der Waals surface area contributed by atoms with Gasteiger partial charge in [-0.15, -0.1) is 0 Å². The van der Waals surface area contributed by atoms with E-state index in [4.69, 9.17) is 9.47 Å². The molecule has 3 atom stereocenters. The van der Waals surface area contributed by atoms with Crippen molar-refractivity contribution in [2.75, 3.05) is 19.6 Å². The molecule has 8 nitrogen and oxygen atoms in total. The second-order valence-corrected chi connectivity index (χ2v) is 13.2. The second kappa shape index (κ2) is 15.8. The molecule has 2 saturated heterocycles. The minimum absolute atomic E-state index is 0.0273. The number of hydrogen-bond donors (Lipinski definition) is 2. The Labute approximate surface area is 288 Å². The van der Waals surface area contributed by atoms with Gasteiger partial charge < -0.3 is 24.8 Å². The van der Waals surface area contributed by atoms with Crippen molar-refractivity contribution in [1.29, 1.82) is 0 Å². The van der Waals surface area contributed by atoms with E-state index in [2.05, 4.69) is 68.7 Å². The molecule has 0 bridgehead atoms. The smallest absolute Gasteiger partial charge is 0.271 e. The van der Waals surface area contributed by atoms with Gasteiger partial charge in [0, 0.05) is 25.1 Å². The average molecular weight is 657 g/mol. The van der Waals surface area contributed by atoms with Crippen LogP contribution in [0.25, 0.3) is 22.2 Å². The van der Waals surface area contributed by atoms with Crippen molar-refractivity contribution in [1.82, 2.24) is 20.2 Å². The topological polar surface area (TPSA) is 96.8 Å². The van der Waals surface area contributed by atoms with Crippen molar-refractivity contribution in [2.24, 2.45) is 0 Å². The predicted molar refractivity (Wildman–Crippen MR) is 191 cm³/mol. The highest BCUT2D eigenvalue weighted by molar-refractivity contribution is 5.93. The average Bonchev–Trinajstić information content (AvgIpc) is 3.15. The first-order valence-electron chi connectivity index (χ1n) is 17.5. The highest BCUT2D eigenvalue weighted by Gasteiger charge is 2.33. The Kier molecular flexibility index (Phi) is 10.7. The lowest BCUT2D eigenvalue weighted by Gasteiger charge is -2.38. The van der Waals surface area contributed by atoms with Gasteiger partial charge in [-0.25, -0.2) is 4.98 Å². The van der Waals surface area contributed by atoms with E-state index in [1.165, 1.54) is 38.3 Å². The van der Waals surface area contributed by atoms with E-state index in [9.17, 15) is 9.90 Å². The molecule has 2 fully saturated rings. The lowest BCUT2D eigenvalue weighted by Crippen LogP contribution is -2.40. The van der Waals surface area contributed by atoms with Crippen LogP contribution in [0.4, 0.5) is 0 Å². The van der Waals surface area contributed by atoms with Crippen LogP contribution in [-0.4, -0.2) is 51.6 Å². The minimum atomic E-state index is -0.482. The fourth-order valence-corrected chi connectivity index (χ4v) is 6.85. The standard InChI is InChI=1S/C41H44N4O4/c46-28-29-13-15-32(16-14-29)39-24-35(27-45-21-6-2-1-3-7-22-45)48-41(49-39)33-19-17-31(18-20-33)34-10-8-9-30(23-34)25-43-40(47)38-26-42-36-11-4-5-12-37(36)44-38/h4-5,8-20,23,26,35,39,41,46H,1-3,6-7,21-22,24-25,27-28H2,(H,43,47)/t35-,39+,41+/m1/s1. The SMILES string of the molecule is O=C(NCc1cccc(-c2ccc([C@H]3O[C@@H](CN4CCCCCCC4)C[C@@H](c4ccc(CO)cc4)O3)cc2)c1)c1cnc2ccccc2n1. The van der Waals surface area contributed by atoms with Crippen molar-refractivity contribution in [2.45, 2.75) is 70.2 Å². The third-order valence-corrected chi connectivity index (χ3v) is 9.60. The molecule has 1 aromatic heterocycles. The Hall–Kier alpha value is -4.47. The van der Waals surface area contributed by atoms with Crippen LogP contribution in [-0.2, 0) is 22.6 Å². The number of benzene rings is 4. The van der Waals surface area contributed by atoms with Crippen molar-refractivity contribution < 1.29 is 19.4 Å². The van der Waals surface area contributed by atoms with Gasteiger partial charge in [0.05, 0.1) is 36.0 Å². The lowest BCUT2D eigenvalue weighted by atomic mass is 9.98. The molecule has 49 heavy (non-hydrogen) atoms. The molecule has 3 heterocycles. The lowest BCUT2D eigenvalue weighted by molar-refractivity contribution is -0.253. The Morgan fingerprint density at radius 3 is 2.29 bits per heavy atom. The Morgan fingerprint density at radius 2 is 1.51 bits per heavy atom. The van der Waals surface area contributed by atoms with Gasteiger partial charge in [0.2, 0.25) is 0 Å². The molecule has 0 saturated carbocycles. The highest BCUT2D eigenvalue weighted by atomic mass is 16.7. The zero-order chi connectivity index (χ0) is 33.4. The Morgan fingerprint density at radius 1 is 0.776 bits per heavy atom. The summed E-state index contributed by atoms with van der Waals surface area (Å²) in [7, 11) is 0. The van der Waals surface area contributed by atoms with E-state index in [1.807, 2.05) is 48.5 Å². The maximum Gasteiger partial charge on any atom is 0.271 e. The number of carbonyl (C=O) groups excluding carboxylic acids is 1. The zero-order valence-corrected chi connectivity index (χ0v) is 27.8. The van der Waals surface area contributed by atoms with Crippen molar-refractivity contribution in [3.63, 3.8) is 0 Å². The highest BCUT2D eigenvalue weighted by Crippen LogP contribution is 2.39. The third kappa shape index (κ3) is 8.40. The summed E-state index contributed by atoms with van der Waals surface area (Å²) in [4.78, 5) is 24.3. The number of para-hydroxylation sites is 2. The van der Waals surface area contributed by atoms with Gasteiger partial charge in [0.1, 0.15) is 5.69 Å². The monoisotopic (exact) mass is 656 g/mol.